The molecule has 2 amide bonds. The van der Waals surface area contributed by atoms with Gasteiger partial charge in [0.05, 0.1) is 6.04 Å². The minimum atomic E-state index is -0.771. The topological polar surface area (TPSA) is 87.5 Å². The van der Waals surface area contributed by atoms with E-state index in [1.807, 2.05) is 36.5 Å². The molecule has 1 atom stereocenters. The number of nitrogens with one attached hydrogen (secondary N) is 2. The van der Waals surface area contributed by atoms with Crippen LogP contribution in [0, 0.1) is 0 Å². The van der Waals surface area contributed by atoms with Crippen LogP contribution < -0.4 is 10.6 Å². The largest absolute Gasteiger partial charge is 0.363 e. The van der Waals surface area contributed by atoms with Gasteiger partial charge in [-0.05, 0) is 25.5 Å². The summed E-state index contributed by atoms with van der Waals surface area (Å²) in [7, 11) is 3.85. The molecule has 0 aliphatic rings. The summed E-state index contributed by atoms with van der Waals surface area (Å²) in [6.45, 7) is 0.346. The normalized spacial score (nSPS) is 12.1. The van der Waals surface area contributed by atoms with Crippen LogP contribution in [-0.2, 0) is 9.59 Å². The molecule has 1 unspecified atom stereocenters. The SMILES string of the molecule is CN(C)C(CNC(=O)C(=O)Nc1ccon1)c1cccs1. The Morgan fingerprint density at radius 3 is 2.76 bits per heavy atom. The van der Waals surface area contributed by atoms with E-state index in [0.717, 1.165) is 4.88 Å². The molecule has 2 aromatic heterocycles. The molecule has 112 valence electrons. The third kappa shape index (κ3) is 4.14. The van der Waals surface area contributed by atoms with Crippen LogP contribution in [0.4, 0.5) is 5.82 Å². The second-order valence-electron chi connectivity index (χ2n) is 4.54. The lowest BCUT2D eigenvalue weighted by atomic mass is 10.2. The van der Waals surface area contributed by atoms with Crippen LogP contribution >= 0.6 is 11.3 Å². The third-order valence-corrected chi connectivity index (χ3v) is 3.81. The molecule has 0 fully saturated rings. The highest BCUT2D eigenvalue weighted by Gasteiger charge is 2.19. The molecule has 2 aromatic rings. The van der Waals surface area contributed by atoms with Crippen LogP contribution in [0.25, 0.3) is 0 Å². The average Bonchev–Trinajstić information content (AvgIpc) is 3.11. The van der Waals surface area contributed by atoms with Crippen molar-refractivity contribution < 1.29 is 14.1 Å². The number of anilines is 1. The average molecular weight is 308 g/mol. The number of thiophene rings is 1. The smallest absolute Gasteiger partial charge is 0.314 e. The highest BCUT2D eigenvalue weighted by atomic mass is 32.1. The van der Waals surface area contributed by atoms with E-state index in [0.29, 0.717) is 6.54 Å². The zero-order valence-corrected chi connectivity index (χ0v) is 12.5. The highest BCUT2D eigenvalue weighted by molar-refractivity contribution is 7.10. The number of carbonyl (C=O) groups is 2. The number of nitrogens with zero attached hydrogens (tertiary/aromatic N) is 2. The van der Waals surface area contributed by atoms with Gasteiger partial charge in [0.15, 0.2) is 5.82 Å². The van der Waals surface area contributed by atoms with E-state index in [4.69, 9.17) is 0 Å². The number of hydrogen-bond donors (Lipinski definition) is 2. The number of carbonyl (C=O) groups excluding carboxylic acids is 2. The van der Waals surface area contributed by atoms with E-state index in [1.165, 1.54) is 12.3 Å². The number of aromatic nitrogens is 1. The minimum absolute atomic E-state index is 0.0220. The molecule has 0 saturated heterocycles. The maximum Gasteiger partial charge on any atom is 0.314 e. The van der Waals surface area contributed by atoms with Gasteiger partial charge in [-0.1, -0.05) is 11.2 Å². The van der Waals surface area contributed by atoms with Gasteiger partial charge in [0, 0.05) is 17.5 Å². The summed E-state index contributed by atoms with van der Waals surface area (Å²) < 4.78 is 4.57. The zero-order chi connectivity index (χ0) is 15.2. The summed E-state index contributed by atoms with van der Waals surface area (Å²) in [6.07, 6.45) is 1.31. The van der Waals surface area contributed by atoms with Crippen molar-refractivity contribution in [1.82, 2.24) is 15.4 Å². The first-order valence-electron chi connectivity index (χ1n) is 6.27. The van der Waals surface area contributed by atoms with E-state index in [-0.39, 0.29) is 11.9 Å². The molecular formula is C13H16N4O3S. The van der Waals surface area contributed by atoms with Crippen LogP contribution in [0.15, 0.2) is 34.4 Å². The van der Waals surface area contributed by atoms with E-state index in [9.17, 15) is 9.59 Å². The maximum absolute atomic E-state index is 11.8. The Balaban J connectivity index is 1.88. The quantitative estimate of drug-likeness (QED) is 0.808. The van der Waals surface area contributed by atoms with E-state index in [2.05, 4.69) is 20.3 Å². The van der Waals surface area contributed by atoms with Gasteiger partial charge in [-0.2, -0.15) is 0 Å². The van der Waals surface area contributed by atoms with Crippen molar-refractivity contribution in [2.75, 3.05) is 26.0 Å². The number of amides is 2. The van der Waals surface area contributed by atoms with E-state index < -0.39 is 11.8 Å². The van der Waals surface area contributed by atoms with Gasteiger partial charge < -0.3 is 14.7 Å². The van der Waals surface area contributed by atoms with Crippen LogP contribution in [-0.4, -0.2) is 42.5 Å². The molecule has 2 rings (SSSR count). The summed E-state index contributed by atoms with van der Waals surface area (Å²) in [5.74, 6) is -1.27. The van der Waals surface area contributed by atoms with Crippen molar-refractivity contribution in [3.8, 4) is 0 Å². The molecule has 0 aromatic carbocycles. The molecule has 7 nitrogen and oxygen atoms in total. The summed E-state index contributed by atoms with van der Waals surface area (Å²) in [4.78, 5) is 26.5. The van der Waals surface area contributed by atoms with Crippen molar-refractivity contribution >= 4 is 29.0 Å². The van der Waals surface area contributed by atoms with Crippen molar-refractivity contribution in [2.45, 2.75) is 6.04 Å². The second kappa shape index (κ2) is 7.00. The Morgan fingerprint density at radius 2 is 2.19 bits per heavy atom. The second-order valence-corrected chi connectivity index (χ2v) is 5.52. The van der Waals surface area contributed by atoms with E-state index >= 15 is 0 Å². The summed E-state index contributed by atoms with van der Waals surface area (Å²) in [5, 5.41) is 10.4. The molecule has 0 aliphatic carbocycles. The first kappa shape index (κ1) is 15.2. The van der Waals surface area contributed by atoms with Crippen molar-refractivity contribution in [3.63, 3.8) is 0 Å². The lowest BCUT2D eigenvalue weighted by Gasteiger charge is -2.23. The van der Waals surface area contributed by atoms with Gasteiger partial charge in [-0.15, -0.1) is 11.3 Å². The fourth-order valence-corrected chi connectivity index (χ4v) is 2.66. The number of likely N-dealkylation sites (N-methyl/N-ethyl adjacent to an activating group) is 1. The standard InChI is InChI=1S/C13H16N4O3S/c1-17(2)9(10-4-3-7-21-10)8-14-12(18)13(19)15-11-5-6-20-16-11/h3-7,9H,8H2,1-2H3,(H,14,18)(H,15,16,19). The fraction of sp³-hybridized carbons (Fsp3) is 0.308. The predicted molar refractivity (Wildman–Crippen MR) is 78.9 cm³/mol. The molecule has 21 heavy (non-hydrogen) atoms. The summed E-state index contributed by atoms with van der Waals surface area (Å²) >= 11 is 1.61. The predicted octanol–water partition coefficient (Wildman–Crippen LogP) is 1.09. The molecule has 0 radical (unpaired) electrons. The zero-order valence-electron chi connectivity index (χ0n) is 11.7. The van der Waals surface area contributed by atoms with Gasteiger partial charge in [-0.25, -0.2) is 0 Å². The molecular weight excluding hydrogens is 292 g/mol. The molecule has 0 aliphatic heterocycles. The van der Waals surface area contributed by atoms with Gasteiger partial charge in [0.2, 0.25) is 0 Å². The summed E-state index contributed by atoms with van der Waals surface area (Å²) in [6, 6.07) is 5.43. The van der Waals surface area contributed by atoms with Gasteiger partial charge in [-0.3, -0.25) is 14.9 Å². The molecule has 2 heterocycles. The Bertz CT molecular complexity index is 581. The third-order valence-electron chi connectivity index (χ3n) is 2.84. The van der Waals surface area contributed by atoms with Crippen LogP contribution in [0.2, 0.25) is 0 Å². The monoisotopic (exact) mass is 308 g/mol. The molecule has 0 saturated carbocycles. The first-order valence-corrected chi connectivity index (χ1v) is 7.15. The van der Waals surface area contributed by atoms with Gasteiger partial charge >= 0.3 is 11.8 Å². The van der Waals surface area contributed by atoms with Gasteiger partial charge in [0.25, 0.3) is 0 Å². The molecule has 0 bridgehead atoms. The van der Waals surface area contributed by atoms with Crippen LogP contribution in [0.5, 0.6) is 0 Å². The lowest BCUT2D eigenvalue weighted by molar-refractivity contribution is -0.136. The Hall–Kier alpha value is -2.19. The molecule has 0 spiro atoms. The lowest BCUT2D eigenvalue weighted by Crippen LogP contribution is -2.40. The van der Waals surface area contributed by atoms with Crippen LogP contribution in [0.1, 0.15) is 10.9 Å². The Labute approximate surface area is 125 Å². The van der Waals surface area contributed by atoms with Crippen molar-refractivity contribution in [1.29, 1.82) is 0 Å². The minimum Gasteiger partial charge on any atom is -0.363 e. The van der Waals surface area contributed by atoms with Crippen LogP contribution in [0.3, 0.4) is 0 Å². The van der Waals surface area contributed by atoms with Crippen molar-refractivity contribution in [3.05, 3.63) is 34.7 Å². The van der Waals surface area contributed by atoms with Gasteiger partial charge in [0.1, 0.15) is 6.26 Å². The first-order chi connectivity index (χ1) is 10.1. The van der Waals surface area contributed by atoms with E-state index in [1.54, 1.807) is 11.3 Å². The Morgan fingerprint density at radius 1 is 1.38 bits per heavy atom. The number of rotatable bonds is 5. The Kier molecular flexibility index (Phi) is 5.07. The molecule has 2 N–H and O–H groups in total. The summed E-state index contributed by atoms with van der Waals surface area (Å²) in [5.41, 5.74) is 0. The fourth-order valence-electron chi connectivity index (χ4n) is 1.74. The number of hydrogen-bond acceptors (Lipinski definition) is 6. The highest BCUT2D eigenvalue weighted by Crippen LogP contribution is 2.22. The van der Waals surface area contributed by atoms with Crippen molar-refractivity contribution in [2.24, 2.45) is 0 Å². The maximum atomic E-state index is 11.8. The molecule has 8 heteroatoms.